The predicted molar refractivity (Wildman–Crippen MR) is 108 cm³/mol. The highest BCUT2D eigenvalue weighted by Gasteiger charge is 2.29. The van der Waals surface area contributed by atoms with Gasteiger partial charge in [0.15, 0.2) is 0 Å². The zero-order valence-corrected chi connectivity index (χ0v) is 17.2. The third-order valence-electron chi connectivity index (χ3n) is 4.29. The molecule has 1 aliphatic rings. The third-order valence-corrected chi connectivity index (χ3v) is 4.29. The van der Waals surface area contributed by atoms with Gasteiger partial charge in [-0.05, 0) is 32.9 Å². The Morgan fingerprint density at radius 1 is 1.38 bits per heavy atom. The molecule has 1 atom stereocenters. The molecule has 1 amide bonds. The molecule has 0 aliphatic carbocycles. The molecule has 3 rings (SSSR count). The number of amides is 1. The second-order valence-electron chi connectivity index (χ2n) is 7.77. The van der Waals surface area contributed by atoms with Crippen LogP contribution in [-0.4, -0.2) is 66.3 Å². The Labute approximate surface area is 170 Å². The number of methoxy groups -OCH3 is 1. The van der Waals surface area contributed by atoms with Gasteiger partial charge in [0, 0.05) is 12.6 Å². The van der Waals surface area contributed by atoms with E-state index in [9.17, 15) is 4.79 Å². The van der Waals surface area contributed by atoms with Crippen molar-refractivity contribution in [1.82, 2.24) is 15.1 Å². The lowest BCUT2D eigenvalue weighted by Crippen LogP contribution is -2.49. The Morgan fingerprint density at radius 2 is 2.14 bits per heavy atom. The van der Waals surface area contributed by atoms with E-state index < -0.39 is 5.60 Å². The van der Waals surface area contributed by atoms with Gasteiger partial charge in [0.05, 0.1) is 31.5 Å². The van der Waals surface area contributed by atoms with E-state index in [0.717, 1.165) is 5.56 Å². The van der Waals surface area contributed by atoms with Gasteiger partial charge in [-0.25, -0.2) is 4.79 Å². The summed E-state index contributed by atoms with van der Waals surface area (Å²) in [6.45, 7) is 7.11. The minimum Gasteiger partial charge on any atom is -0.496 e. The zero-order chi connectivity index (χ0) is 21.0. The minimum absolute atomic E-state index is 0.267. The Morgan fingerprint density at radius 3 is 2.79 bits per heavy atom. The van der Waals surface area contributed by atoms with Gasteiger partial charge in [0.25, 0.3) is 0 Å². The number of nitrogens with two attached hydrogens (primary N) is 1. The highest BCUT2D eigenvalue weighted by Crippen LogP contribution is 2.38. The van der Waals surface area contributed by atoms with E-state index in [1.807, 2.05) is 39.0 Å². The van der Waals surface area contributed by atoms with E-state index in [1.165, 1.54) is 0 Å². The second-order valence-corrected chi connectivity index (χ2v) is 7.77. The fourth-order valence-electron chi connectivity index (χ4n) is 3.03. The molecule has 2 aromatic rings. The van der Waals surface area contributed by atoms with Gasteiger partial charge >= 0.3 is 6.09 Å². The quantitative estimate of drug-likeness (QED) is 0.788. The van der Waals surface area contributed by atoms with Crippen molar-refractivity contribution in [2.75, 3.05) is 39.1 Å². The number of aromatic nitrogens is 2. The maximum absolute atomic E-state index is 12.3. The van der Waals surface area contributed by atoms with E-state index in [1.54, 1.807) is 18.1 Å². The first-order valence-corrected chi connectivity index (χ1v) is 9.47. The molecule has 29 heavy (non-hydrogen) atoms. The number of morpholine rings is 1. The maximum atomic E-state index is 12.3. The maximum Gasteiger partial charge on any atom is 0.410 e. The summed E-state index contributed by atoms with van der Waals surface area (Å²) in [5, 5.41) is 6.86. The number of nitrogens with one attached hydrogen (secondary N) is 1. The number of benzene rings is 1. The molecular formula is C20H28N4O5. The number of aromatic amines is 1. The molecule has 9 heteroatoms. The molecule has 3 N–H and O–H groups in total. The molecule has 2 heterocycles. The molecular weight excluding hydrogens is 376 g/mol. The van der Waals surface area contributed by atoms with E-state index in [0.29, 0.717) is 42.7 Å². The standard InChI is InChI=1S/C20H28N4O5/c1-20(2,3)29-19(25)24-8-9-27-13(11-24)12-28-16-7-5-6-15(26-4)18(16)14-10-17(21)23-22-14/h5-7,10,13H,8-9,11-12H2,1-4H3,(H3,21,22,23)/t13-/m0/s1. The molecule has 0 saturated carbocycles. The van der Waals surface area contributed by atoms with Crippen LogP contribution in [0.1, 0.15) is 20.8 Å². The van der Waals surface area contributed by atoms with Crippen molar-refractivity contribution in [2.24, 2.45) is 0 Å². The number of hydrogen-bond donors (Lipinski definition) is 2. The number of H-pyrrole nitrogens is 1. The molecule has 0 unspecified atom stereocenters. The summed E-state index contributed by atoms with van der Waals surface area (Å²) in [5.74, 6) is 1.61. The summed E-state index contributed by atoms with van der Waals surface area (Å²) < 4.78 is 22.7. The van der Waals surface area contributed by atoms with Crippen molar-refractivity contribution in [1.29, 1.82) is 0 Å². The lowest BCUT2D eigenvalue weighted by molar-refractivity contribution is -0.0556. The summed E-state index contributed by atoms with van der Waals surface area (Å²) >= 11 is 0. The van der Waals surface area contributed by atoms with Crippen LogP contribution < -0.4 is 15.2 Å². The normalized spacial score (nSPS) is 17.1. The number of carbonyl (C=O) groups excluding carboxylic acids is 1. The van der Waals surface area contributed by atoms with Crippen LogP contribution >= 0.6 is 0 Å². The van der Waals surface area contributed by atoms with Crippen molar-refractivity contribution in [2.45, 2.75) is 32.5 Å². The first-order valence-electron chi connectivity index (χ1n) is 9.47. The Bertz CT molecular complexity index is 846. The monoisotopic (exact) mass is 404 g/mol. The Kier molecular flexibility index (Phi) is 6.17. The van der Waals surface area contributed by atoms with Gasteiger partial charge in [-0.3, -0.25) is 5.10 Å². The Balaban J connectivity index is 1.69. The first kappa shape index (κ1) is 20.8. The number of anilines is 1. The molecule has 1 fully saturated rings. The lowest BCUT2D eigenvalue weighted by Gasteiger charge is -2.34. The fraction of sp³-hybridized carbons (Fsp3) is 0.500. The number of ether oxygens (including phenoxy) is 4. The van der Waals surface area contributed by atoms with Crippen LogP contribution in [0.2, 0.25) is 0 Å². The van der Waals surface area contributed by atoms with Crippen LogP contribution in [0.15, 0.2) is 24.3 Å². The molecule has 0 radical (unpaired) electrons. The highest BCUT2D eigenvalue weighted by atomic mass is 16.6. The first-order chi connectivity index (χ1) is 13.8. The Hall–Kier alpha value is -2.94. The summed E-state index contributed by atoms with van der Waals surface area (Å²) in [5.41, 5.74) is 6.61. The smallest absolute Gasteiger partial charge is 0.410 e. The van der Waals surface area contributed by atoms with Gasteiger partial charge < -0.3 is 29.6 Å². The summed E-state index contributed by atoms with van der Waals surface area (Å²) in [4.78, 5) is 14.0. The number of carbonyl (C=O) groups is 1. The van der Waals surface area contributed by atoms with Crippen LogP contribution in [-0.2, 0) is 9.47 Å². The summed E-state index contributed by atoms with van der Waals surface area (Å²) in [6, 6.07) is 7.22. The van der Waals surface area contributed by atoms with Crippen LogP contribution in [0.4, 0.5) is 10.6 Å². The predicted octanol–water partition coefficient (Wildman–Crippen LogP) is 2.68. The van der Waals surface area contributed by atoms with Crippen LogP contribution in [0, 0.1) is 0 Å². The average molecular weight is 404 g/mol. The van der Waals surface area contributed by atoms with Crippen molar-refractivity contribution in [3.8, 4) is 22.8 Å². The van der Waals surface area contributed by atoms with E-state index in [-0.39, 0.29) is 18.8 Å². The topological polar surface area (TPSA) is 112 Å². The number of nitrogen functional groups attached to an aromatic ring is 1. The van der Waals surface area contributed by atoms with Crippen LogP contribution in [0.25, 0.3) is 11.3 Å². The van der Waals surface area contributed by atoms with Crippen molar-refractivity contribution in [3.05, 3.63) is 24.3 Å². The number of nitrogens with zero attached hydrogens (tertiary/aromatic N) is 2. The lowest BCUT2D eigenvalue weighted by atomic mass is 10.1. The largest absolute Gasteiger partial charge is 0.496 e. The molecule has 158 valence electrons. The van der Waals surface area contributed by atoms with Crippen LogP contribution in [0.3, 0.4) is 0 Å². The molecule has 1 aliphatic heterocycles. The minimum atomic E-state index is -0.539. The van der Waals surface area contributed by atoms with E-state index in [4.69, 9.17) is 24.7 Å². The van der Waals surface area contributed by atoms with Crippen LogP contribution in [0.5, 0.6) is 11.5 Å². The van der Waals surface area contributed by atoms with Crippen molar-refractivity contribution >= 4 is 11.9 Å². The number of hydrogen-bond acceptors (Lipinski definition) is 7. The second kappa shape index (κ2) is 8.60. The number of rotatable bonds is 5. The van der Waals surface area contributed by atoms with Crippen molar-refractivity contribution in [3.63, 3.8) is 0 Å². The summed E-state index contributed by atoms with van der Waals surface area (Å²) in [6.07, 6.45) is -0.622. The molecule has 0 spiro atoms. The molecule has 1 aromatic heterocycles. The zero-order valence-electron chi connectivity index (χ0n) is 17.2. The van der Waals surface area contributed by atoms with Gasteiger partial charge in [-0.15, -0.1) is 0 Å². The van der Waals surface area contributed by atoms with Gasteiger partial charge in [-0.2, -0.15) is 5.10 Å². The molecule has 0 bridgehead atoms. The third kappa shape index (κ3) is 5.32. The average Bonchev–Trinajstić information content (AvgIpc) is 3.10. The molecule has 1 aromatic carbocycles. The fourth-order valence-corrected chi connectivity index (χ4v) is 3.03. The molecule has 9 nitrogen and oxygen atoms in total. The van der Waals surface area contributed by atoms with Gasteiger partial charge in [-0.1, -0.05) is 6.07 Å². The van der Waals surface area contributed by atoms with Gasteiger partial charge in [0.1, 0.15) is 35.6 Å². The van der Waals surface area contributed by atoms with Gasteiger partial charge in [0.2, 0.25) is 0 Å². The van der Waals surface area contributed by atoms with Crippen molar-refractivity contribution < 1.29 is 23.7 Å². The SMILES string of the molecule is COc1cccc(OC[C@@H]2CN(C(=O)OC(C)(C)C)CCO2)c1-c1cc(N)n[nH]1. The van der Waals surface area contributed by atoms with E-state index in [2.05, 4.69) is 10.2 Å². The molecule has 1 saturated heterocycles. The highest BCUT2D eigenvalue weighted by molar-refractivity contribution is 5.75. The van der Waals surface area contributed by atoms with E-state index >= 15 is 0 Å². The summed E-state index contributed by atoms with van der Waals surface area (Å²) in [7, 11) is 1.59.